The molecule has 0 unspecified atom stereocenters. The average molecular weight is 317 g/mol. The topological polar surface area (TPSA) is 65.3 Å². The molecule has 7 nitrogen and oxygen atoms in total. The van der Waals surface area contributed by atoms with Crippen molar-refractivity contribution in [2.75, 3.05) is 38.8 Å². The quantitative estimate of drug-likeness (QED) is 0.808. The Balaban J connectivity index is 1.74. The van der Waals surface area contributed by atoms with Gasteiger partial charge < -0.3 is 18.9 Å². The predicted octanol–water partition coefficient (Wildman–Crippen LogP) is 1.71. The summed E-state index contributed by atoms with van der Waals surface area (Å²) in [7, 11) is 3.35. The fraction of sp³-hybridized carbons (Fsp3) is 0.562. The number of aromatic nitrogens is 4. The fourth-order valence-electron chi connectivity index (χ4n) is 3.07. The Bertz CT molecular complexity index is 630. The van der Waals surface area contributed by atoms with Gasteiger partial charge in [-0.25, -0.2) is 15.0 Å². The van der Waals surface area contributed by atoms with Gasteiger partial charge in [0, 0.05) is 51.1 Å². The summed E-state index contributed by atoms with van der Waals surface area (Å²) in [5.74, 6) is 3.04. The summed E-state index contributed by atoms with van der Waals surface area (Å²) < 4.78 is 12.6. The molecule has 0 N–H and O–H groups in total. The van der Waals surface area contributed by atoms with E-state index >= 15 is 0 Å². The van der Waals surface area contributed by atoms with Crippen LogP contribution >= 0.6 is 0 Å². The lowest BCUT2D eigenvalue weighted by atomic mass is 9.97. The highest BCUT2D eigenvalue weighted by Gasteiger charge is 2.25. The molecule has 0 bridgehead atoms. The lowest BCUT2D eigenvalue weighted by Gasteiger charge is -2.33. The second-order valence-electron chi connectivity index (χ2n) is 5.68. The molecule has 1 saturated heterocycles. The van der Waals surface area contributed by atoms with E-state index in [9.17, 15) is 0 Å². The number of hydrogen-bond donors (Lipinski definition) is 0. The van der Waals surface area contributed by atoms with E-state index in [2.05, 4.69) is 24.4 Å². The van der Waals surface area contributed by atoms with Crippen molar-refractivity contribution in [2.45, 2.75) is 25.3 Å². The zero-order valence-electron chi connectivity index (χ0n) is 13.7. The van der Waals surface area contributed by atoms with E-state index in [4.69, 9.17) is 9.47 Å². The normalized spacial score (nSPS) is 18.2. The van der Waals surface area contributed by atoms with E-state index in [1.807, 2.05) is 18.5 Å². The standard InChI is InChI=1S/C16H23N5O2/c1-22-9-8-20-7-5-17-16(20)13-4-3-6-21(11-13)14-10-15(23-2)19-12-18-14/h5,7,10,12-13H,3-4,6,8-9,11H2,1-2H3/t13-/m1/s1. The third-order valence-electron chi connectivity index (χ3n) is 4.23. The molecule has 2 aromatic rings. The Labute approximate surface area is 136 Å². The Hall–Kier alpha value is -2.15. The molecule has 7 heteroatoms. The minimum Gasteiger partial charge on any atom is -0.481 e. The van der Waals surface area contributed by atoms with Crippen molar-refractivity contribution < 1.29 is 9.47 Å². The highest BCUT2D eigenvalue weighted by molar-refractivity contribution is 5.41. The molecular weight excluding hydrogens is 294 g/mol. The second-order valence-corrected chi connectivity index (χ2v) is 5.68. The van der Waals surface area contributed by atoms with E-state index in [-0.39, 0.29) is 0 Å². The van der Waals surface area contributed by atoms with Crippen LogP contribution in [0.25, 0.3) is 0 Å². The molecule has 2 aromatic heterocycles. The van der Waals surface area contributed by atoms with Gasteiger partial charge >= 0.3 is 0 Å². The molecule has 0 amide bonds. The number of piperidine rings is 1. The van der Waals surface area contributed by atoms with Crippen LogP contribution in [0.2, 0.25) is 0 Å². The van der Waals surface area contributed by atoms with Gasteiger partial charge in [-0.15, -0.1) is 0 Å². The van der Waals surface area contributed by atoms with Crippen LogP contribution < -0.4 is 9.64 Å². The molecule has 1 aliphatic heterocycles. The zero-order valence-corrected chi connectivity index (χ0v) is 13.7. The summed E-state index contributed by atoms with van der Waals surface area (Å²) in [6.45, 7) is 3.44. The van der Waals surface area contributed by atoms with E-state index < -0.39 is 0 Å². The van der Waals surface area contributed by atoms with E-state index in [1.165, 1.54) is 0 Å². The first-order chi connectivity index (χ1) is 11.3. The predicted molar refractivity (Wildman–Crippen MR) is 86.9 cm³/mol. The molecule has 0 spiro atoms. The highest BCUT2D eigenvalue weighted by atomic mass is 16.5. The fourth-order valence-corrected chi connectivity index (χ4v) is 3.07. The van der Waals surface area contributed by atoms with Crippen molar-refractivity contribution in [1.29, 1.82) is 0 Å². The summed E-state index contributed by atoms with van der Waals surface area (Å²) >= 11 is 0. The molecule has 1 atom stereocenters. The van der Waals surface area contributed by atoms with Crippen LogP contribution in [-0.2, 0) is 11.3 Å². The number of anilines is 1. The molecule has 0 aliphatic carbocycles. The largest absolute Gasteiger partial charge is 0.481 e. The number of ether oxygens (including phenoxy) is 2. The first kappa shape index (κ1) is 15.7. The highest BCUT2D eigenvalue weighted by Crippen LogP contribution is 2.29. The van der Waals surface area contributed by atoms with Gasteiger partial charge in [0.1, 0.15) is 18.0 Å². The van der Waals surface area contributed by atoms with Crippen LogP contribution in [0, 0.1) is 0 Å². The Morgan fingerprint density at radius 1 is 1.26 bits per heavy atom. The van der Waals surface area contributed by atoms with Gasteiger partial charge in [-0.05, 0) is 12.8 Å². The number of methoxy groups -OCH3 is 2. The molecule has 0 aromatic carbocycles. The third kappa shape index (κ3) is 3.61. The molecule has 1 aliphatic rings. The van der Waals surface area contributed by atoms with Gasteiger partial charge in [0.15, 0.2) is 0 Å². The number of imidazole rings is 1. The van der Waals surface area contributed by atoms with Crippen molar-refractivity contribution in [3.63, 3.8) is 0 Å². The number of rotatable bonds is 6. The monoisotopic (exact) mass is 317 g/mol. The van der Waals surface area contributed by atoms with E-state index in [0.717, 1.165) is 44.1 Å². The summed E-state index contributed by atoms with van der Waals surface area (Å²) in [5, 5.41) is 0. The first-order valence-corrected chi connectivity index (χ1v) is 7.92. The smallest absolute Gasteiger partial charge is 0.218 e. The van der Waals surface area contributed by atoms with Crippen LogP contribution in [0.15, 0.2) is 24.8 Å². The number of hydrogen-bond acceptors (Lipinski definition) is 6. The SMILES string of the molecule is COCCn1ccnc1[C@@H]1CCCN(c2cc(OC)ncn2)C1. The lowest BCUT2D eigenvalue weighted by Crippen LogP contribution is -2.36. The minimum absolute atomic E-state index is 0.400. The maximum Gasteiger partial charge on any atom is 0.218 e. The summed E-state index contributed by atoms with van der Waals surface area (Å²) in [4.78, 5) is 15.3. The van der Waals surface area contributed by atoms with Crippen LogP contribution in [-0.4, -0.2) is 53.4 Å². The average Bonchev–Trinajstić information content (AvgIpc) is 3.08. The van der Waals surface area contributed by atoms with Crippen LogP contribution in [0.3, 0.4) is 0 Å². The van der Waals surface area contributed by atoms with Gasteiger partial charge in [0.2, 0.25) is 5.88 Å². The van der Waals surface area contributed by atoms with Crippen LogP contribution in [0.5, 0.6) is 5.88 Å². The molecule has 124 valence electrons. The van der Waals surface area contributed by atoms with Crippen molar-refractivity contribution in [3.8, 4) is 5.88 Å². The van der Waals surface area contributed by atoms with Gasteiger partial charge in [-0.3, -0.25) is 0 Å². The first-order valence-electron chi connectivity index (χ1n) is 7.92. The molecule has 1 fully saturated rings. The maximum absolute atomic E-state index is 5.20. The third-order valence-corrected chi connectivity index (χ3v) is 4.23. The summed E-state index contributed by atoms with van der Waals surface area (Å²) in [6, 6.07) is 1.89. The van der Waals surface area contributed by atoms with Crippen molar-refractivity contribution >= 4 is 5.82 Å². The van der Waals surface area contributed by atoms with Gasteiger partial charge in [0.05, 0.1) is 13.7 Å². The van der Waals surface area contributed by atoms with Crippen molar-refractivity contribution in [2.24, 2.45) is 0 Å². The van der Waals surface area contributed by atoms with Crippen molar-refractivity contribution in [3.05, 3.63) is 30.6 Å². The molecule has 0 radical (unpaired) electrons. The summed E-state index contributed by atoms with van der Waals surface area (Å²) in [5.41, 5.74) is 0. The number of nitrogens with zero attached hydrogens (tertiary/aromatic N) is 5. The van der Waals surface area contributed by atoms with Gasteiger partial charge in [0.25, 0.3) is 0 Å². The van der Waals surface area contributed by atoms with E-state index in [0.29, 0.717) is 18.4 Å². The minimum atomic E-state index is 0.400. The Morgan fingerprint density at radius 3 is 3.00 bits per heavy atom. The zero-order chi connectivity index (χ0) is 16.1. The van der Waals surface area contributed by atoms with E-state index in [1.54, 1.807) is 20.5 Å². The van der Waals surface area contributed by atoms with Crippen LogP contribution in [0.4, 0.5) is 5.82 Å². The second kappa shape index (κ2) is 7.41. The molecular formula is C16H23N5O2. The van der Waals surface area contributed by atoms with Crippen molar-refractivity contribution in [1.82, 2.24) is 19.5 Å². The summed E-state index contributed by atoms with van der Waals surface area (Å²) in [6.07, 6.45) is 7.72. The molecule has 23 heavy (non-hydrogen) atoms. The van der Waals surface area contributed by atoms with Gasteiger partial charge in [-0.2, -0.15) is 0 Å². The van der Waals surface area contributed by atoms with Crippen LogP contribution in [0.1, 0.15) is 24.6 Å². The molecule has 0 saturated carbocycles. The molecule has 3 heterocycles. The lowest BCUT2D eigenvalue weighted by molar-refractivity contribution is 0.185. The molecule has 3 rings (SSSR count). The maximum atomic E-state index is 5.20. The van der Waals surface area contributed by atoms with Gasteiger partial charge in [-0.1, -0.05) is 0 Å². The Morgan fingerprint density at radius 2 is 2.17 bits per heavy atom. The Kier molecular flexibility index (Phi) is 5.07.